The third-order valence-corrected chi connectivity index (χ3v) is 3.82. The molecule has 19 heavy (non-hydrogen) atoms. The first kappa shape index (κ1) is 12.3. The zero-order chi connectivity index (χ0) is 13.1. The van der Waals surface area contributed by atoms with Gasteiger partial charge in [0.1, 0.15) is 0 Å². The van der Waals surface area contributed by atoms with Crippen molar-refractivity contribution in [1.29, 1.82) is 0 Å². The highest BCUT2D eigenvalue weighted by atomic mass is 32.2. The van der Waals surface area contributed by atoms with E-state index in [0.717, 1.165) is 22.9 Å². The van der Waals surface area contributed by atoms with E-state index in [1.165, 1.54) is 6.39 Å². The largest absolute Gasteiger partial charge is 0.444 e. The second-order valence-electron chi connectivity index (χ2n) is 4.21. The number of hydrogen-bond donors (Lipinski definition) is 2. The van der Waals surface area contributed by atoms with Gasteiger partial charge in [-0.25, -0.2) is 4.98 Å². The first-order valence-corrected chi connectivity index (χ1v) is 7.09. The smallest absolute Gasteiger partial charge is 0.242 e. The molecule has 1 aromatic carbocycles. The number of nitrogens with one attached hydrogen (secondary N) is 2. The molecule has 0 bridgehead atoms. The topological polar surface area (TPSA) is 67.2 Å². The van der Waals surface area contributed by atoms with Crippen molar-refractivity contribution in [3.05, 3.63) is 36.9 Å². The van der Waals surface area contributed by atoms with Crippen LogP contribution in [0.3, 0.4) is 0 Å². The quantitative estimate of drug-likeness (QED) is 0.896. The van der Waals surface area contributed by atoms with Crippen molar-refractivity contribution in [2.75, 3.05) is 16.9 Å². The van der Waals surface area contributed by atoms with Gasteiger partial charge in [0, 0.05) is 22.9 Å². The molecule has 2 N–H and O–H groups in total. The van der Waals surface area contributed by atoms with E-state index in [-0.39, 0.29) is 11.9 Å². The maximum Gasteiger partial charge on any atom is 0.242 e. The molecule has 2 heterocycles. The SMILES string of the molecule is O=C(Nc1cccc(-c2cnco2)c1)C1CSCN1. The summed E-state index contributed by atoms with van der Waals surface area (Å²) in [4.78, 5) is 15.9. The number of carbonyl (C=O) groups is 1. The van der Waals surface area contributed by atoms with Crippen LogP contribution in [-0.4, -0.2) is 28.6 Å². The number of thioether (sulfide) groups is 1. The number of hydrogen-bond acceptors (Lipinski definition) is 5. The molecular weight excluding hydrogens is 262 g/mol. The Labute approximate surface area is 114 Å². The van der Waals surface area contributed by atoms with Crippen LogP contribution in [0.5, 0.6) is 0 Å². The summed E-state index contributed by atoms with van der Waals surface area (Å²) >= 11 is 1.73. The number of anilines is 1. The number of carbonyl (C=O) groups excluding carboxylic acids is 1. The van der Waals surface area contributed by atoms with E-state index in [4.69, 9.17) is 4.42 Å². The normalized spacial score (nSPS) is 18.4. The van der Waals surface area contributed by atoms with Crippen LogP contribution in [0.15, 0.2) is 41.3 Å². The molecule has 1 aromatic heterocycles. The summed E-state index contributed by atoms with van der Waals surface area (Å²) < 4.78 is 5.24. The fourth-order valence-corrected chi connectivity index (χ4v) is 2.84. The number of aromatic nitrogens is 1. The lowest BCUT2D eigenvalue weighted by atomic mass is 10.1. The molecule has 1 unspecified atom stereocenters. The fourth-order valence-electron chi connectivity index (χ4n) is 1.90. The Balaban J connectivity index is 1.74. The molecule has 6 heteroatoms. The molecule has 1 aliphatic rings. The summed E-state index contributed by atoms with van der Waals surface area (Å²) in [6, 6.07) is 7.42. The van der Waals surface area contributed by atoms with E-state index in [2.05, 4.69) is 15.6 Å². The standard InChI is InChI=1S/C13H13N3O2S/c17-13(11-6-19-8-15-11)16-10-3-1-2-9(4-10)12-5-14-7-18-12/h1-5,7,11,15H,6,8H2,(H,16,17). The molecule has 98 valence electrons. The summed E-state index contributed by atoms with van der Waals surface area (Å²) in [5, 5.41) is 6.05. The Morgan fingerprint density at radius 1 is 1.53 bits per heavy atom. The summed E-state index contributed by atoms with van der Waals surface area (Å²) in [6.45, 7) is 0. The summed E-state index contributed by atoms with van der Waals surface area (Å²) in [7, 11) is 0. The van der Waals surface area contributed by atoms with E-state index in [9.17, 15) is 4.79 Å². The minimum Gasteiger partial charge on any atom is -0.444 e. The molecule has 0 saturated carbocycles. The molecule has 0 radical (unpaired) electrons. The summed E-state index contributed by atoms with van der Waals surface area (Å²) in [5.41, 5.74) is 1.65. The first-order chi connectivity index (χ1) is 9.33. The van der Waals surface area contributed by atoms with Crippen LogP contribution < -0.4 is 10.6 Å². The zero-order valence-electron chi connectivity index (χ0n) is 10.1. The molecule has 1 atom stereocenters. The Morgan fingerprint density at radius 3 is 3.21 bits per heavy atom. The van der Waals surface area contributed by atoms with Gasteiger partial charge in [0.05, 0.1) is 12.2 Å². The van der Waals surface area contributed by atoms with Crippen molar-refractivity contribution in [2.24, 2.45) is 0 Å². The Bertz CT molecular complexity index is 565. The van der Waals surface area contributed by atoms with Gasteiger partial charge in [0.25, 0.3) is 0 Å². The molecule has 1 amide bonds. The monoisotopic (exact) mass is 275 g/mol. The van der Waals surface area contributed by atoms with Crippen molar-refractivity contribution in [3.8, 4) is 11.3 Å². The molecule has 0 aliphatic carbocycles. The van der Waals surface area contributed by atoms with Crippen LogP contribution >= 0.6 is 11.8 Å². The van der Waals surface area contributed by atoms with Crippen LogP contribution in [0.1, 0.15) is 0 Å². The molecule has 3 rings (SSSR count). The second kappa shape index (κ2) is 5.46. The number of amides is 1. The Morgan fingerprint density at radius 2 is 2.47 bits per heavy atom. The molecular formula is C13H13N3O2S. The summed E-state index contributed by atoms with van der Waals surface area (Å²) in [5.74, 6) is 2.33. The number of rotatable bonds is 3. The van der Waals surface area contributed by atoms with Crippen LogP contribution in [0.2, 0.25) is 0 Å². The van der Waals surface area contributed by atoms with Crippen molar-refractivity contribution in [2.45, 2.75) is 6.04 Å². The Kier molecular flexibility index (Phi) is 3.52. The van der Waals surface area contributed by atoms with E-state index >= 15 is 0 Å². The minimum atomic E-state index is -0.112. The van der Waals surface area contributed by atoms with E-state index in [1.54, 1.807) is 18.0 Å². The van der Waals surface area contributed by atoms with Crippen LogP contribution in [0.4, 0.5) is 5.69 Å². The molecule has 0 spiro atoms. The highest BCUT2D eigenvalue weighted by molar-refractivity contribution is 7.99. The van der Waals surface area contributed by atoms with Gasteiger partial charge in [-0.3, -0.25) is 10.1 Å². The third-order valence-electron chi connectivity index (χ3n) is 2.88. The predicted octanol–water partition coefficient (Wildman–Crippen LogP) is 1.94. The van der Waals surface area contributed by atoms with E-state index in [1.807, 2.05) is 24.3 Å². The molecule has 1 aliphatic heterocycles. The highest BCUT2D eigenvalue weighted by Gasteiger charge is 2.22. The second-order valence-corrected chi connectivity index (χ2v) is 5.24. The van der Waals surface area contributed by atoms with E-state index in [0.29, 0.717) is 5.76 Å². The molecule has 5 nitrogen and oxygen atoms in total. The third kappa shape index (κ3) is 2.80. The van der Waals surface area contributed by atoms with Gasteiger partial charge >= 0.3 is 0 Å². The molecule has 1 saturated heterocycles. The average molecular weight is 275 g/mol. The zero-order valence-corrected chi connectivity index (χ0v) is 10.9. The lowest BCUT2D eigenvalue weighted by Crippen LogP contribution is -2.37. The first-order valence-electron chi connectivity index (χ1n) is 5.94. The number of nitrogens with zero attached hydrogens (tertiary/aromatic N) is 1. The predicted molar refractivity (Wildman–Crippen MR) is 74.8 cm³/mol. The minimum absolute atomic E-state index is 0.000259. The summed E-state index contributed by atoms with van der Waals surface area (Å²) in [6.07, 6.45) is 3.04. The lowest BCUT2D eigenvalue weighted by molar-refractivity contribution is -0.117. The maximum absolute atomic E-state index is 12.0. The van der Waals surface area contributed by atoms with Crippen molar-refractivity contribution in [1.82, 2.24) is 10.3 Å². The van der Waals surface area contributed by atoms with Gasteiger partial charge in [-0.1, -0.05) is 12.1 Å². The van der Waals surface area contributed by atoms with Crippen LogP contribution in [0.25, 0.3) is 11.3 Å². The average Bonchev–Trinajstić information content (AvgIpc) is 3.13. The number of benzene rings is 1. The van der Waals surface area contributed by atoms with Gasteiger partial charge in [-0.15, -0.1) is 11.8 Å². The van der Waals surface area contributed by atoms with Crippen LogP contribution in [0, 0.1) is 0 Å². The van der Waals surface area contributed by atoms with Gasteiger partial charge in [0.15, 0.2) is 12.2 Å². The Hall–Kier alpha value is -1.79. The molecule has 1 fully saturated rings. The van der Waals surface area contributed by atoms with Crippen LogP contribution in [-0.2, 0) is 4.79 Å². The van der Waals surface area contributed by atoms with Crippen molar-refractivity contribution < 1.29 is 9.21 Å². The van der Waals surface area contributed by atoms with Gasteiger partial charge in [-0.2, -0.15) is 0 Å². The van der Waals surface area contributed by atoms with E-state index < -0.39 is 0 Å². The van der Waals surface area contributed by atoms with Gasteiger partial charge in [0.2, 0.25) is 5.91 Å². The van der Waals surface area contributed by atoms with Crippen molar-refractivity contribution >= 4 is 23.4 Å². The number of oxazole rings is 1. The fraction of sp³-hybridized carbons (Fsp3) is 0.231. The van der Waals surface area contributed by atoms with Gasteiger partial charge in [-0.05, 0) is 12.1 Å². The van der Waals surface area contributed by atoms with Crippen molar-refractivity contribution in [3.63, 3.8) is 0 Å². The lowest BCUT2D eigenvalue weighted by Gasteiger charge is -2.10. The maximum atomic E-state index is 12.0. The molecule has 2 aromatic rings. The van der Waals surface area contributed by atoms with Gasteiger partial charge < -0.3 is 9.73 Å². The highest BCUT2D eigenvalue weighted by Crippen LogP contribution is 2.22.